The Kier molecular flexibility index (Phi) is 3.70. The highest BCUT2D eigenvalue weighted by Gasteiger charge is 2.07. The lowest BCUT2D eigenvalue weighted by molar-refractivity contribution is 0.849. The van der Waals surface area contributed by atoms with E-state index in [2.05, 4.69) is 20.4 Å². The Morgan fingerprint density at radius 1 is 1.05 bits per heavy atom. The normalized spacial score (nSPS) is 10.5. The molecule has 3 aromatic rings. The van der Waals surface area contributed by atoms with Gasteiger partial charge in [0.25, 0.3) is 5.56 Å². The van der Waals surface area contributed by atoms with Crippen LogP contribution in [0.1, 0.15) is 20.3 Å². The molecule has 0 atom stereocenters. The van der Waals surface area contributed by atoms with Crippen LogP contribution < -0.4 is 10.9 Å². The van der Waals surface area contributed by atoms with E-state index in [4.69, 9.17) is 0 Å². The lowest BCUT2D eigenvalue weighted by Crippen LogP contribution is -2.30. The molecule has 98 valence electrons. The van der Waals surface area contributed by atoms with Crippen LogP contribution in [0.5, 0.6) is 0 Å². The maximum absolute atomic E-state index is 12.1. The monoisotopic (exact) mass is 253 g/mol. The summed E-state index contributed by atoms with van der Waals surface area (Å²) >= 11 is 0. The molecule has 0 aliphatic carbocycles. The van der Waals surface area contributed by atoms with E-state index in [9.17, 15) is 4.79 Å². The van der Waals surface area contributed by atoms with Crippen LogP contribution in [0, 0.1) is 0 Å². The SMILES string of the molecule is C=c1c2cccc3cccc(c(=O)n1C)c32.CCC. The summed E-state index contributed by atoms with van der Waals surface area (Å²) in [5, 5.41) is 4.71. The predicted octanol–water partition coefficient (Wildman–Crippen LogP) is 3.24. The molecule has 3 rings (SSSR count). The number of aromatic nitrogens is 1. The summed E-state index contributed by atoms with van der Waals surface area (Å²) < 4.78 is 1.61. The lowest BCUT2D eigenvalue weighted by atomic mass is 10.0. The number of benzene rings is 2. The number of rotatable bonds is 0. The van der Waals surface area contributed by atoms with Gasteiger partial charge in [-0.2, -0.15) is 0 Å². The van der Waals surface area contributed by atoms with Crippen molar-refractivity contribution >= 4 is 28.1 Å². The van der Waals surface area contributed by atoms with Crippen LogP contribution in [-0.4, -0.2) is 4.57 Å². The Hall–Kier alpha value is -2.09. The summed E-state index contributed by atoms with van der Waals surface area (Å²) in [7, 11) is 1.76. The summed E-state index contributed by atoms with van der Waals surface area (Å²) in [6, 6.07) is 11.8. The van der Waals surface area contributed by atoms with Gasteiger partial charge in [0.15, 0.2) is 0 Å². The number of nitrogens with zero attached hydrogens (tertiary/aromatic N) is 1. The summed E-state index contributed by atoms with van der Waals surface area (Å²) in [5.41, 5.74) is 0.0225. The van der Waals surface area contributed by atoms with E-state index < -0.39 is 0 Å². The third-order valence-corrected chi connectivity index (χ3v) is 3.16. The molecule has 2 nitrogen and oxygen atoms in total. The molecule has 0 unspecified atom stereocenters. The fourth-order valence-electron chi connectivity index (χ4n) is 2.24. The van der Waals surface area contributed by atoms with E-state index in [1.165, 1.54) is 6.42 Å². The minimum Gasteiger partial charge on any atom is -0.311 e. The molecule has 0 aliphatic rings. The van der Waals surface area contributed by atoms with Crippen LogP contribution in [-0.2, 0) is 7.05 Å². The zero-order valence-corrected chi connectivity index (χ0v) is 11.7. The van der Waals surface area contributed by atoms with Crippen LogP contribution in [0.3, 0.4) is 0 Å². The summed E-state index contributed by atoms with van der Waals surface area (Å²) in [6.07, 6.45) is 1.25. The van der Waals surface area contributed by atoms with Gasteiger partial charge in [-0.15, -0.1) is 0 Å². The molecule has 0 bridgehead atoms. The lowest BCUT2D eigenvalue weighted by Gasteiger charge is -2.08. The van der Waals surface area contributed by atoms with Crippen molar-refractivity contribution in [3.05, 3.63) is 52.1 Å². The molecular weight excluding hydrogens is 234 g/mol. The van der Waals surface area contributed by atoms with Crippen molar-refractivity contribution in [2.24, 2.45) is 7.05 Å². The van der Waals surface area contributed by atoms with E-state index in [-0.39, 0.29) is 5.56 Å². The molecule has 19 heavy (non-hydrogen) atoms. The van der Waals surface area contributed by atoms with E-state index in [0.717, 1.165) is 26.9 Å². The van der Waals surface area contributed by atoms with Gasteiger partial charge in [-0.1, -0.05) is 57.2 Å². The van der Waals surface area contributed by atoms with Gasteiger partial charge < -0.3 is 4.57 Å². The van der Waals surface area contributed by atoms with Crippen molar-refractivity contribution in [1.29, 1.82) is 0 Å². The fraction of sp³-hybridized carbons (Fsp3) is 0.235. The molecule has 0 fully saturated rings. The van der Waals surface area contributed by atoms with Crippen LogP contribution >= 0.6 is 0 Å². The molecule has 0 saturated carbocycles. The van der Waals surface area contributed by atoms with Gasteiger partial charge in [-0.25, -0.2) is 0 Å². The van der Waals surface area contributed by atoms with Crippen molar-refractivity contribution in [2.45, 2.75) is 20.3 Å². The first-order valence-electron chi connectivity index (χ1n) is 6.60. The van der Waals surface area contributed by atoms with Crippen molar-refractivity contribution in [1.82, 2.24) is 4.57 Å². The first-order chi connectivity index (χ1) is 9.11. The highest BCUT2D eigenvalue weighted by molar-refractivity contribution is 6.09. The Bertz CT molecular complexity index is 752. The minimum atomic E-state index is 0.0225. The highest BCUT2D eigenvalue weighted by Crippen LogP contribution is 2.21. The molecular formula is C17H19NO. The van der Waals surface area contributed by atoms with E-state index >= 15 is 0 Å². The van der Waals surface area contributed by atoms with Crippen molar-refractivity contribution < 1.29 is 0 Å². The zero-order chi connectivity index (χ0) is 14.0. The van der Waals surface area contributed by atoms with Gasteiger partial charge in [0, 0.05) is 28.6 Å². The fourth-order valence-corrected chi connectivity index (χ4v) is 2.24. The Morgan fingerprint density at radius 3 is 2.16 bits per heavy atom. The van der Waals surface area contributed by atoms with Crippen LogP contribution in [0.2, 0.25) is 0 Å². The van der Waals surface area contributed by atoms with Crippen LogP contribution in [0.15, 0.2) is 41.2 Å². The average molecular weight is 253 g/mol. The van der Waals surface area contributed by atoms with Gasteiger partial charge in [-0.05, 0) is 11.5 Å². The summed E-state index contributed by atoms with van der Waals surface area (Å²) in [5.74, 6) is 0. The van der Waals surface area contributed by atoms with E-state index in [0.29, 0.717) is 0 Å². The molecule has 2 aromatic carbocycles. The minimum absolute atomic E-state index is 0.0225. The molecule has 0 aliphatic heterocycles. The second kappa shape index (κ2) is 5.27. The van der Waals surface area contributed by atoms with Crippen molar-refractivity contribution in [2.75, 3.05) is 0 Å². The molecule has 0 saturated heterocycles. The Labute approximate surface area is 113 Å². The first-order valence-corrected chi connectivity index (χ1v) is 6.60. The highest BCUT2D eigenvalue weighted by atomic mass is 16.1. The van der Waals surface area contributed by atoms with Crippen molar-refractivity contribution in [3.8, 4) is 0 Å². The number of pyridine rings is 1. The quantitative estimate of drug-likeness (QED) is 0.603. The third-order valence-electron chi connectivity index (χ3n) is 3.16. The number of hydrogen-bond acceptors (Lipinski definition) is 1. The standard InChI is InChI=1S/C14H11NO.C3H8/c1-9-11-7-3-5-10-6-4-8-12(13(10)11)14(16)15(9)2;1-3-2/h3-8H,1H2,2H3;3H2,1-2H3. The van der Waals surface area contributed by atoms with Crippen molar-refractivity contribution in [3.63, 3.8) is 0 Å². The van der Waals surface area contributed by atoms with Crippen LogP contribution in [0.4, 0.5) is 0 Å². The average Bonchev–Trinajstić information content (AvgIpc) is 2.43. The predicted molar refractivity (Wildman–Crippen MR) is 83.4 cm³/mol. The summed E-state index contributed by atoms with van der Waals surface area (Å²) in [6.45, 7) is 8.22. The smallest absolute Gasteiger partial charge is 0.258 e. The Balaban J connectivity index is 0.000000408. The molecule has 0 radical (unpaired) electrons. The topological polar surface area (TPSA) is 22.0 Å². The number of hydrogen-bond donors (Lipinski definition) is 0. The molecule has 0 N–H and O–H groups in total. The van der Waals surface area contributed by atoms with Gasteiger partial charge in [0.2, 0.25) is 0 Å². The maximum atomic E-state index is 12.1. The molecule has 0 amide bonds. The van der Waals surface area contributed by atoms with Gasteiger partial charge >= 0.3 is 0 Å². The van der Waals surface area contributed by atoms with Crippen LogP contribution in [0.25, 0.3) is 28.1 Å². The second-order valence-corrected chi connectivity index (χ2v) is 4.73. The van der Waals surface area contributed by atoms with Gasteiger partial charge in [0.1, 0.15) is 0 Å². The molecule has 2 heteroatoms. The molecule has 1 aromatic heterocycles. The van der Waals surface area contributed by atoms with Gasteiger partial charge in [0.05, 0.1) is 0 Å². The second-order valence-electron chi connectivity index (χ2n) is 4.73. The maximum Gasteiger partial charge on any atom is 0.258 e. The zero-order valence-electron chi connectivity index (χ0n) is 11.7. The Morgan fingerprint density at radius 2 is 1.58 bits per heavy atom. The third kappa shape index (κ3) is 2.14. The van der Waals surface area contributed by atoms with E-state index in [1.54, 1.807) is 11.6 Å². The largest absolute Gasteiger partial charge is 0.311 e. The molecule has 1 heterocycles. The van der Waals surface area contributed by atoms with Gasteiger partial charge in [-0.3, -0.25) is 4.79 Å². The van der Waals surface area contributed by atoms with E-state index in [1.807, 2.05) is 36.4 Å². The first kappa shape index (κ1) is 13.3. The molecule has 0 spiro atoms. The summed E-state index contributed by atoms with van der Waals surface area (Å²) in [4.78, 5) is 12.1.